The van der Waals surface area contributed by atoms with Crippen LogP contribution in [0.25, 0.3) is 0 Å². The van der Waals surface area contributed by atoms with Gasteiger partial charge in [-0.05, 0) is 24.8 Å². The molecular formula is C15H19NO2. The summed E-state index contributed by atoms with van der Waals surface area (Å²) in [5.41, 5.74) is 1.16. The molecule has 0 aromatic heterocycles. The number of rotatable bonds is 0. The molecule has 18 heavy (non-hydrogen) atoms. The number of carbonyl (C=O) groups excluding carboxylic acids is 1. The summed E-state index contributed by atoms with van der Waals surface area (Å²) in [6, 6.07) is 0. The van der Waals surface area contributed by atoms with Gasteiger partial charge in [-0.1, -0.05) is 31.6 Å². The number of hydrogen-bond acceptors (Lipinski definition) is 3. The molecule has 0 aromatic rings. The monoisotopic (exact) mass is 245 g/mol. The lowest BCUT2D eigenvalue weighted by molar-refractivity contribution is -0.165. The van der Waals surface area contributed by atoms with E-state index in [1.165, 1.54) is 6.42 Å². The Morgan fingerprint density at radius 1 is 1.33 bits per heavy atom. The molecule has 3 nitrogen and oxygen atoms in total. The molecule has 0 bridgehead atoms. The molecule has 0 aromatic carbocycles. The number of nitrogens with one attached hydrogen (secondary N) is 1. The van der Waals surface area contributed by atoms with Crippen molar-refractivity contribution in [2.24, 2.45) is 5.92 Å². The van der Waals surface area contributed by atoms with E-state index >= 15 is 0 Å². The molecule has 1 spiro atoms. The Balaban J connectivity index is 1.92. The second-order valence-electron chi connectivity index (χ2n) is 5.47. The molecule has 1 unspecified atom stereocenters. The first kappa shape index (κ1) is 11.6. The second kappa shape index (κ2) is 4.30. The maximum atomic E-state index is 12.2. The predicted octanol–water partition coefficient (Wildman–Crippen LogP) is 2.81. The van der Waals surface area contributed by atoms with E-state index in [-0.39, 0.29) is 11.9 Å². The number of allylic oxidation sites excluding steroid dienone is 4. The van der Waals surface area contributed by atoms with E-state index < -0.39 is 5.72 Å². The molecule has 0 radical (unpaired) electrons. The Bertz CT molecular complexity index is 453. The van der Waals surface area contributed by atoms with Gasteiger partial charge in [-0.2, -0.15) is 0 Å². The highest BCUT2D eigenvalue weighted by atomic mass is 16.6. The molecule has 1 saturated heterocycles. The van der Waals surface area contributed by atoms with Crippen molar-refractivity contribution in [1.29, 1.82) is 0 Å². The van der Waals surface area contributed by atoms with Gasteiger partial charge >= 0.3 is 5.97 Å². The number of carbonyl (C=O) groups is 1. The number of esters is 1. The fraction of sp³-hybridized carbons (Fsp3) is 0.533. The minimum Gasteiger partial charge on any atom is -0.435 e. The van der Waals surface area contributed by atoms with E-state index in [2.05, 4.69) is 18.3 Å². The first-order valence-electron chi connectivity index (χ1n) is 6.81. The van der Waals surface area contributed by atoms with Crippen molar-refractivity contribution in [2.45, 2.75) is 44.8 Å². The van der Waals surface area contributed by atoms with Crippen molar-refractivity contribution in [2.75, 3.05) is 0 Å². The zero-order valence-corrected chi connectivity index (χ0v) is 10.7. The van der Waals surface area contributed by atoms with Gasteiger partial charge in [-0.25, -0.2) is 4.79 Å². The van der Waals surface area contributed by atoms with Crippen LogP contribution in [-0.2, 0) is 9.53 Å². The Hall–Kier alpha value is -1.51. The molecule has 3 rings (SSSR count). The Morgan fingerprint density at radius 3 is 2.89 bits per heavy atom. The maximum Gasteiger partial charge on any atom is 0.342 e. The predicted molar refractivity (Wildman–Crippen MR) is 69.5 cm³/mol. The largest absolute Gasteiger partial charge is 0.435 e. The van der Waals surface area contributed by atoms with Crippen LogP contribution < -0.4 is 5.32 Å². The molecule has 3 heteroatoms. The number of fused-ring (bicyclic) bond motifs is 1. The fourth-order valence-electron chi connectivity index (χ4n) is 2.97. The average Bonchev–Trinajstić information content (AvgIpc) is 2.52. The molecule has 1 heterocycles. The lowest BCUT2D eigenvalue weighted by atomic mass is 9.89. The average molecular weight is 245 g/mol. The van der Waals surface area contributed by atoms with Crippen molar-refractivity contribution < 1.29 is 9.53 Å². The summed E-state index contributed by atoms with van der Waals surface area (Å²) in [5, 5.41) is 3.46. The molecule has 2 fully saturated rings. The van der Waals surface area contributed by atoms with E-state index in [1.54, 1.807) is 0 Å². The van der Waals surface area contributed by atoms with Crippen molar-refractivity contribution in [1.82, 2.24) is 5.32 Å². The zero-order valence-electron chi connectivity index (χ0n) is 10.7. The van der Waals surface area contributed by atoms with Crippen molar-refractivity contribution in [3.8, 4) is 0 Å². The minimum atomic E-state index is -0.445. The Kier molecular flexibility index (Phi) is 2.77. The molecule has 1 atom stereocenters. The van der Waals surface area contributed by atoms with Crippen LogP contribution in [0, 0.1) is 5.92 Å². The molecular weight excluding hydrogens is 226 g/mol. The van der Waals surface area contributed by atoms with Crippen LogP contribution in [0.15, 0.2) is 35.6 Å². The van der Waals surface area contributed by atoms with Gasteiger partial charge in [0.2, 0.25) is 0 Å². The SMILES string of the molecule is CC1C=CC=C2NC3(CCCCC3)OC(=O)C2=C1. The molecule has 1 N–H and O–H groups in total. The highest BCUT2D eigenvalue weighted by Crippen LogP contribution is 2.36. The lowest BCUT2D eigenvalue weighted by Crippen LogP contribution is -2.54. The molecule has 2 aliphatic carbocycles. The minimum absolute atomic E-state index is 0.169. The summed E-state index contributed by atoms with van der Waals surface area (Å²) in [5.74, 6) is 0.0981. The van der Waals surface area contributed by atoms with Gasteiger partial charge in [0, 0.05) is 12.8 Å². The first-order valence-corrected chi connectivity index (χ1v) is 6.81. The van der Waals surface area contributed by atoms with Crippen molar-refractivity contribution >= 4 is 5.97 Å². The summed E-state index contributed by atoms with van der Waals surface area (Å²) < 4.78 is 5.70. The lowest BCUT2D eigenvalue weighted by Gasteiger charge is -2.42. The molecule has 3 aliphatic rings. The van der Waals surface area contributed by atoms with Crippen LogP contribution in [0.5, 0.6) is 0 Å². The molecule has 1 aliphatic heterocycles. The quantitative estimate of drug-likeness (QED) is 0.667. The summed E-state index contributed by atoms with van der Waals surface area (Å²) >= 11 is 0. The smallest absolute Gasteiger partial charge is 0.342 e. The Morgan fingerprint density at radius 2 is 2.11 bits per heavy atom. The van der Waals surface area contributed by atoms with Crippen LogP contribution in [-0.4, -0.2) is 11.7 Å². The summed E-state index contributed by atoms with van der Waals surface area (Å²) in [4.78, 5) is 12.2. The summed E-state index contributed by atoms with van der Waals surface area (Å²) in [6.45, 7) is 2.07. The third kappa shape index (κ3) is 1.98. The van der Waals surface area contributed by atoms with E-state index in [1.807, 2.05) is 18.2 Å². The van der Waals surface area contributed by atoms with Crippen LogP contribution in [0.2, 0.25) is 0 Å². The van der Waals surface area contributed by atoms with E-state index in [4.69, 9.17) is 4.74 Å². The Labute approximate surface area is 108 Å². The van der Waals surface area contributed by atoms with Crippen LogP contribution in [0.4, 0.5) is 0 Å². The van der Waals surface area contributed by atoms with E-state index in [9.17, 15) is 4.79 Å². The number of ether oxygens (including phenoxy) is 1. The van der Waals surface area contributed by atoms with Gasteiger partial charge in [-0.3, -0.25) is 0 Å². The van der Waals surface area contributed by atoms with Gasteiger partial charge < -0.3 is 10.1 Å². The van der Waals surface area contributed by atoms with Crippen molar-refractivity contribution in [3.63, 3.8) is 0 Å². The standard InChI is InChI=1S/C15H19NO2/c1-11-6-5-7-13-12(10-11)14(17)18-15(16-13)8-3-2-4-9-15/h5-7,10-11,16H,2-4,8-9H2,1H3. The summed E-state index contributed by atoms with van der Waals surface area (Å²) in [6.07, 6.45) is 13.4. The summed E-state index contributed by atoms with van der Waals surface area (Å²) in [7, 11) is 0. The zero-order chi connectivity index (χ0) is 12.6. The van der Waals surface area contributed by atoms with Gasteiger partial charge in [0.25, 0.3) is 0 Å². The van der Waals surface area contributed by atoms with E-state index in [0.717, 1.165) is 31.4 Å². The van der Waals surface area contributed by atoms with Crippen molar-refractivity contribution in [3.05, 3.63) is 35.6 Å². The molecule has 1 saturated carbocycles. The van der Waals surface area contributed by atoms with Gasteiger partial charge in [-0.15, -0.1) is 0 Å². The molecule has 0 amide bonds. The van der Waals surface area contributed by atoms with E-state index in [0.29, 0.717) is 5.57 Å². The third-order valence-electron chi connectivity index (χ3n) is 3.93. The van der Waals surface area contributed by atoms with Crippen LogP contribution >= 0.6 is 0 Å². The topological polar surface area (TPSA) is 38.3 Å². The highest BCUT2D eigenvalue weighted by Gasteiger charge is 2.42. The van der Waals surface area contributed by atoms with Gasteiger partial charge in [0.15, 0.2) is 5.72 Å². The molecule has 96 valence electrons. The second-order valence-corrected chi connectivity index (χ2v) is 5.47. The third-order valence-corrected chi connectivity index (χ3v) is 3.93. The van der Waals surface area contributed by atoms with Crippen LogP contribution in [0.3, 0.4) is 0 Å². The maximum absolute atomic E-state index is 12.2. The highest BCUT2D eigenvalue weighted by molar-refractivity contribution is 5.95. The fourth-order valence-corrected chi connectivity index (χ4v) is 2.97. The van der Waals surface area contributed by atoms with Gasteiger partial charge in [0.05, 0.1) is 11.3 Å². The van der Waals surface area contributed by atoms with Gasteiger partial charge in [0.1, 0.15) is 0 Å². The van der Waals surface area contributed by atoms with Crippen LogP contribution in [0.1, 0.15) is 39.0 Å². The number of hydrogen-bond donors (Lipinski definition) is 1. The normalized spacial score (nSPS) is 29.6. The first-order chi connectivity index (χ1) is 8.69.